The molecule has 2 N–H and O–H groups in total. The second-order valence-corrected chi connectivity index (χ2v) is 6.63. The van der Waals surface area contributed by atoms with Gasteiger partial charge in [0.25, 0.3) is 5.91 Å². The van der Waals surface area contributed by atoms with Gasteiger partial charge in [0.05, 0.1) is 31.4 Å². The summed E-state index contributed by atoms with van der Waals surface area (Å²) in [7, 11) is 0. The van der Waals surface area contributed by atoms with Gasteiger partial charge in [0.15, 0.2) is 5.69 Å². The van der Waals surface area contributed by atoms with Crippen LogP contribution in [-0.4, -0.2) is 36.5 Å². The Labute approximate surface area is 166 Å². The van der Waals surface area contributed by atoms with Crippen LogP contribution in [0.25, 0.3) is 10.8 Å². The van der Waals surface area contributed by atoms with E-state index in [1.807, 2.05) is 18.2 Å². The number of aryl methyl sites for hydroxylation is 1. The molecule has 8 heteroatoms. The summed E-state index contributed by atoms with van der Waals surface area (Å²) in [6.45, 7) is 0.798. The summed E-state index contributed by atoms with van der Waals surface area (Å²) in [4.78, 5) is 23.0. The van der Waals surface area contributed by atoms with Crippen molar-refractivity contribution >= 4 is 28.3 Å². The molecule has 0 aliphatic carbocycles. The minimum absolute atomic E-state index is 0.0519. The van der Waals surface area contributed by atoms with Crippen molar-refractivity contribution < 1.29 is 14.7 Å². The number of hydrogen-bond acceptors (Lipinski definition) is 4. The summed E-state index contributed by atoms with van der Waals surface area (Å²) < 4.78 is 3.20. The van der Waals surface area contributed by atoms with Crippen LogP contribution < -0.4 is 5.32 Å². The van der Waals surface area contributed by atoms with E-state index < -0.39 is 5.97 Å². The molecule has 2 heterocycles. The smallest absolute Gasteiger partial charge is 0.305 e. The number of carboxylic acids is 1. The third-order valence-electron chi connectivity index (χ3n) is 4.53. The van der Waals surface area contributed by atoms with E-state index in [0.29, 0.717) is 12.2 Å². The van der Waals surface area contributed by atoms with E-state index in [1.165, 1.54) is 15.5 Å². The van der Waals surface area contributed by atoms with Gasteiger partial charge in [-0.15, -0.1) is 0 Å². The van der Waals surface area contributed by atoms with Gasteiger partial charge in [-0.25, -0.2) is 0 Å². The van der Waals surface area contributed by atoms with Gasteiger partial charge >= 0.3 is 5.97 Å². The predicted octanol–water partition coefficient (Wildman–Crippen LogP) is 3.01. The van der Waals surface area contributed by atoms with Gasteiger partial charge in [0, 0.05) is 12.4 Å². The number of carbonyl (C=O) groups excluding carboxylic acids is 1. The molecule has 0 radical (unpaired) electrons. The topological polar surface area (TPSA) is 102 Å². The van der Waals surface area contributed by atoms with Crippen LogP contribution in [0, 0.1) is 0 Å². The van der Waals surface area contributed by atoms with Crippen molar-refractivity contribution in [2.45, 2.75) is 19.5 Å². The Hall–Kier alpha value is -3.94. The first kappa shape index (κ1) is 18.4. The summed E-state index contributed by atoms with van der Waals surface area (Å²) in [5, 5.41) is 22.3. The first-order valence-corrected chi connectivity index (χ1v) is 9.14. The number of aliphatic carboxylic acids is 1. The van der Waals surface area contributed by atoms with Crippen LogP contribution >= 0.6 is 0 Å². The minimum Gasteiger partial charge on any atom is -0.481 e. The molecule has 0 atom stereocenters. The quantitative estimate of drug-likeness (QED) is 0.506. The van der Waals surface area contributed by atoms with Crippen LogP contribution in [0.4, 0.5) is 5.69 Å². The highest BCUT2D eigenvalue weighted by Gasteiger charge is 2.12. The monoisotopic (exact) mass is 389 g/mol. The number of anilines is 1. The van der Waals surface area contributed by atoms with E-state index in [9.17, 15) is 9.59 Å². The average Bonchev–Trinajstić information content (AvgIpc) is 3.36. The summed E-state index contributed by atoms with van der Waals surface area (Å²) in [6, 6.07) is 15.9. The fourth-order valence-electron chi connectivity index (χ4n) is 3.13. The van der Waals surface area contributed by atoms with Gasteiger partial charge in [0.2, 0.25) is 0 Å². The molecule has 4 rings (SSSR count). The first-order chi connectivity index (χ1) is 14.1. The number of rotatable bonds is 7. The van der Waals surface area contributed by atoms with Gasteiger partial charge in [-0.1, -0.05) is 42.5 Å². The van der Waals surface area contributed by atoms with E-state index in [0.717, 1.165) is 5.56 Å². The number of carbonyl (C=O) groups is 2. The van der Waals surface area contributed by atoms with E-state index in [4.69, 9.17) is 5.11 Å². The number of amides is 1. The van der Waals surface area contributed by atoms with Crippen LogP contribution in [0.3, 0.4) is 0 Å². The molecule has 2 aromatic carbocycles. The number of aromatic nitrogens is 4. The van der Waals surface area contributed by atoms with Gasteiger partial charge in [-0.2, -0.15) is 10.2 Å². The molecule has 8 nitrogen and oxygen atoms in total. The van der Waals surface area contributed by atoms with Crippen molar-refractivity contribution in [3.05, 3.63) is 78.4 Å². The molecule has 0 unspecified atom stereocenters. The Kier molecular flexibility index (Phi) is 5.07. The van der Waals surface area contributed by atoms with Crippen molar-refractivity contribution in [2.24, 2.45) is 0 Å². The average molecular weight is 389 g/mol. The molecule has 0 aliphatic heterocycles. The predicted molar refractivity (Wildman–Crippen MR) is 108 cm³/mol. The lowest BCUT2D eigenvalue weighted by atomic mass is 10.0. The summed E-state index contributed by atoms with van der Waals surface area (Å²) in [6.07, 6.45) is 4.89. The third kappa shape index (κ3) is 4.32. The van der Waals surface area contributed by atoms with Gasteiger partial charge in [0.1, 0.15) is 0 Å². The van der Waals surface area contributed by atoms with Crippen LogP contribution in [0.1, 0.15) is 22.5 Å². The third-order valence-corrected chi connectivity index (χ3v) is 4.53. The molecular weight excluding hydrogens is 370 g/mol. The molecule has 0 bridgehead atoms. The lowest BCUT2D eigenvalue weighted by Gasteiger charge is -2.06. The largest absolute Gasteiger partial charge is 0.481 e. The number of fused-ring (bicyclic) bond motifs is 1. The molecule has 0 saturated heterocycles. The van der Waals surface area contributed by atoms with Crippen molar-refractivity contribution in [3.63, 3.8) is 0 Å². The molecule has 4 aromatic rings. The van der Waals surface area contributed by atoms with Gasteiger partial charge < -0.3 is 10.4 Å². The summed E-state index contributed by atoms with van der Waals surface area (Å²) in [5.41, 5.74) is 1.92. The van der Waals surface area contributed by atoms with E-state index in [1.54, 1.807) is 29.3 Å². The fraction of sp³-hybridized carbons (Fsp3) is 0.143. The molecule has 0 fully saturated rings. The normalized spacial score (nSPS) is 10.9. The van der Waals surface area contributed by atoms with E-state index >= 15 is 0 Å². The molecule has 29 heavy (non-hydrogen) atoms. The molecule has 0 spiro atoms. The SMILES string of the molecule is O=C(O)CCn1ccc(C(=O)Nc2cnn(Cc3cccc4ccccc34)c2)n1. The van der Waals surface area contributed by atoms with Crippen LogP contribution in [0.2, 0.25) is 0 Å². The maximum absolute atomic E-state index is 12.4. The van der Waals surface area contributed by atoms with Crippen molar-refractivity contribution in [2.75, 3.05) is 5.32 Å². The first-order valence-electron chi connectivity index (χ1n) is 9.14. The highest BCUT2D eigenvalue weighted by molar-refractivity contribution is 6.02. The number of benzene rings is 2. The number of hydrogen-bond donors (Lipinski definition) is 2. The Balaban J connectivity index is 1.43. The highest BCUT2D eigenvalue weighted by Crippen LogP contribution is 2.20. The number of carboxylic acid groups (broad SMARTS) is 1. The van der Waals surface area contributed by atoms with Crippen molar-refractivity contribution in [1.29, 1.82) is 0 Å². The summed E-state index contributed by atoms with van der Waals surface area (Å²) >= 11 is 0. The van der Waals surface area contributed by atoms with Crippen LogP contribution in [0.15, 0.2) is 67.1 Å². The van der Waals surface area contributed by atoms with Crippen LogP contribution in [-0.2, 0) is 17.9 Å². The Morgan fingerprint density at radius 2 is 1.86 bits per heavy atom. The van der Waals surface area contributed by atoms with Crippen LogP contribution in [0.5, 0.6) is 0 Å². The van der Waals surface area contributed by atoms with Gasteiger partial charge in [-0.3, -0.25) is 19.0 Å². The lowest BCUT2D eigenvalue weighted by molar-refractivity contribution is -0.137. The molecule has 146 valence electrons. The zero-order valence-electron chi connectivity index (χ0n) is 15.5. The second kappa shape index (κ2) is 7.97. The summed E-state index contributed by atoms with van der Waals surface area (Å²) in [5.74, 6) is -1.28. The second-order valence-electron chi connectivity index (χ2n) is 6.63. The molecule has 0 saturated carbocycles. The minimum atomic E-state index is -0.912. The van der Waals surface area contributed by atoms with E-state index in [2.05, 4.69) is 39.8 Å². The van der Waals surface area contributed by atoms with Gasteiger partial charge in [-0.05, 0) is 22.4 Å². The van der Waals surface area contributed by atoms with E-state index in [-0.39, 0.29) is 24.6 Å². The Morgan fingerprint density at radius 3 is 2.72 bits per heavy atom. The standard InChI is InChI=1S/C21H19N5O3/c27-20(28)9-11-25-10-8-19(24-25)21(29)23-17-12-22-26(14-17)13-16-6-3-5-15-4-1-2-7-18(15)16/h1-8,10,12,14H,9,11,13H2,(H,23,29)(H,27,28). The Bertz CT molecular complexity index is 1170. The lowest BCUT2D eigenvalue weighted by Crippen LogP contribution is -2.13. The zero-order chi connectivity index (χ0) is 20.2. The molecular formula is C21H19N5O3. The van der Waals surface area contributed by atoms with Crippen molar-refractivity contribution in [3.8, 4) is 0 Å². The fourth-order valence-corrected chi connectivity index (χ4v) is 3.13. The number of nitrogens with zero attached hydrogens (tertiary/aromatic N) is 4. The molecule has 0 aliphatic rings. The Morgan fingerprint density at radius 1 is 1.03 bits per heavy atom. The van der Waals surface area contributed by atoms with Crippen molar-refractivity contribution in [1.82, 2.24) is 19.6 Å². The molecule has 2 aromatic heterocycles. The highest BCUT2D eigenvalue weighted by atomic mass is 16.4. The number of nitrogens with one attached hydrogen (secondary N) is 1. The maximum atomic E-state index is 12.4. The maximum Gasteiger partial charge on any atom is 0.305 e. The zero-order valence-corrected chi connectivity index (χ0v) is 15.5. The molecule has 1 amide bonds.